The maximum atomic E-state index is 13.4. The molecule has 1 heterocycles. The number of nitrogens with zero attached hydrogens (tertiary/aromatic N) is 3. The van der Waals surface area contributed by atoms with E-state index >= 15 is 0 Å². The van der Waals surface area contributed by atoms with Gasteiger partial charge in [-0.3, -0.25) is 14.2 Å². The Balaban J connectivity index is 1.48. The summed E-state index contributed by atoms with van der Waals surface area (Å²) < 4.78 is 20.1. The maximum Gasteiger partial charge on any atom is 0.316 e. The largest absolute Gasteiger partial charge is 0.455 e. The van der Waals surface area contributed by atoms with Crippen LogP contribution < -0.4 is 5.32 Å². The van der Waals surface area contributed by atoms with Crippen molar-refractivity contribution in [1.29, 1.82) is 5.26 Å². The van der Waals surface area contributed by atoms with E-state index in [1.165, 1.54) is 12.1 Å². The summed E-state index contributed by atoms with van der Waals surface area (Å²) in [5, 5.41) is 12.4. The molecule has 9 heteroatoms. The van der Waals surface area contributed by atoms with Crippen molar-refractivity contribution in [1.82, 2.24) is 14.9 Å². The summed E-state index contributed by atoms with van der Waals surface area (Å²) in [6.45, 7) is -0.429. The predicted octanol–water partition coefficient (Wildman–Crippen LogP) is 2.60. The Morgan fingerprint density at radius 1 is 1.39 bits per heavy atom. The second-order valence-corrected chi connectivity index (χ2v) is 7.40. The quantitative estimate of drug-likeness (QED) is 0.565. The molecule has 0 bridgehead atoms. The van der Waals surface area contributed by atoms with Gasteiger partial charge in [0.25, 0.3) is 5.91 Å². The fraction of sp³-hybridized carbons (Fsp3) is 0.368. The smallest absolute Gasteiger partial charge is 0.316 e. The fourth-order valence-corrected chi connectivity index (χ4v) is 3.85. The van der Waals surface area contributed by atoms with Gasteiger partial charge in [-0.1, -0.05) is 17.8 Å². The van der Waals surface area contributed by atoms with Gasteiger partial charge in [0.05, 0.1) is 17.5 Å². The standard InChI is InChI=1S/C19H19FN4O3S/c20-14-4-3-5-15(10-14)24-9-8-22-18(24)28-12-17(26)27-11-16(25)23-19(13-21)6-1-2-7-19/h3-5,8-10H,1-2,6-7,11-12H2,(H,23,25). The highest BCUT2D eigenvalue weighted by atomic mass is 32.2. The van der Waals surface area contributed by atoms with E-state index in [9.17, 15) is 19.2 Å². The second kappa shape index (κ2) is 8.89. The molecule has 2 aromatic rings. The molecule has 1 aliphatic rings. The van der Waals surface area contributed by atoms with Gasteiger partial charge in [0, 0.05) is 12.4 Å². The van der Waals surface area contributed by atoms with Crippen LogP contribution in [0.1, 0.15) is 25.7 Å². The van der Waals surface area contributed by atoms with Crippen LogP contribution in [-0.4, -0.2) is 39.3 Å². The molecule has 1 fully saturated rings. The van der Waals surface area contributed by atoms with Gasteiger partial charge >= 0.3 is 5.97 Å². The van der Waals surface area contributed by atoms with Gasteiger partial charge in [-0.25, -0.2) is 9.37 Å². The average Bonchev–Trinajstić information content (AvgIpc) is 3.34. The fourth-order valence-electron chi connectivity index (χ4n) is 3.08. The summed E-state index contributed by atoms with van der Waals surface area (Å²) in [5.41, 5.74) is -0.250. The molecule has 1 aromatic carbocycles. The van der Waals surface area contributed by atoms with E-state index in [1.54, 1.807) is 29.1 Å². The third-order valence-corrected chi connectivity index (χ3v) is 5.37. The molecule has 0 atom stereocenters. The van der Waals surface area contributed by atoms with E-state index in [2.05, 4.69) is 16.4 Å². The molecule has 1 aromatic heterocycles. The number of halogens is 1. The zero-order valence-corrected chi connectivity index (χ0v) is 15.9. The molecule has 146 valence electrons. The van der Waals surface area contributed by atoms with Crippen molar-refractivity contribution in [2.45, 2.75) is 36.4 Å². The van der Waals surface area contributed by atoms with Gasteiger partial charge in [0.1, 0.15) is 11.4 Å². The van der Waals surface area contributed by atoms with E-state index in [-0.39, 0.29) is 11.6 Å². The number of nitriles is 1. The number of imidazole rings is 1. The van der Waals surface area contributed by atoms with Crippen LogP contribution >= 0.6 is 11.8 Å². The lowest BCUT2D eigenvalue weighted by Crippen LogP contribution is -2.46. The Hall–Kier alpha value is -2.86. The van der Waals surface area contributed by atoms with Crippen molar-refractivity contribution in [2.24, 2.45) is 0 Å². The molecule has 0 unspecified atom stereocenters. The van der Waals surface area contributed by atoms with E-state index in [1.807, 2.05) is 0 Å². The number of nitrogens with one attached hydrogen (secondary N) is 1. The van der Waals surface area contributed by atoms with Crippen LogP contribution in [-0.2, 0) is 14.3 Å². The van der Waals surface area contributed by atoms with Crippen LogP contribution in [0.3, 0.4) is 0 Å². The number of aromatic nitrogens is 2. The number of thioether (sulfide) groups is 1. The highest BCUT2D eigenvalue weighted by molar-refractivity contribution is 7.99. The SMILES string of the molecule is N#CC1(NC(=O)COC(=O)CSc2nccn2-c2cccc(F)c2)CCCC1. The predicted molar refractivity (Wildman–Crippen MR) is 100 cm³/mol. The average molecular weight is 402 g/mol. The molecule has 7 nitrogen and oxygen atoms in total. The number of carbonyl (C=O) groups excluding carboxylic acids is 2. The minimum Gasteiger partial charge on any atom is -0.455 e. The summed E-state index contributed by atoms with van der Waals surface area (Å²) >= 11 is 1.12. The lowest BCUT2D eigenvalue weighted by Gasteiger charge is -2.21. The lowest BCUT2D eigenvalue weighted by molar-refractivity contribution is -0.146. The van der Waals surface area contributed by atoms with Gasteiger partial charge < -0.3 is 10.1 Å². The number of hydrogen-bond acceptors (Lipinski definition) is 6. The number of esters is 1. The van der Waals surface area contributed by atoms with Crippen molar-refractivity contribution < 1.29 is 18.7 Å². The Morgan fingerprint density at radius 3 is 2.89 bits per heavy atom. The van der Waals surface area contributed by atoms with Crippen LogP contribution in [0.25, 0.3) is 5.69 Å². The van der Waals surface area contributed by atoms with Crippen LogP contribution in [0.2, 0.25) is 0 Å². The zero-order valence-electron chi connectivity index (χ0n) is 15.1. The lowest BCUT2D eigenvalue weighted by atomic mass is 10.00. The first-order valence-corrected chi connectivity index (χ1v) is 9.80. The minimum absolute atomic E-state index is 0.0526. The Morgan fingerprint density at radius 2 is 2.18 bits per heavy atom. The molecular formula is C19H19FN4O3S. The number of ether oxygens (including phenoxy) is 1. The summed E-state index contributed by atoms with van der Waals surface area (Å²) in [6, 6.07) is 8.17. The number of carbonyl (C=O) groups is 2. The molecule has 0 aliphatic heterocycles. The minimum atomic E-state index is -0.839. The molecule has 1 aliphatic carbocycles. The zero-order chi connectivity index (χ0) is 20.0. The second-order valence-electron chi connectivity index (χ2n) is 6.46. The van der Waals surface area contributed by atoms with E-state index < -0.39 is 24.0 Å². The topological polar surface area (TPSA) is 97.0 Å². The molecule has 3 rings (SSSR count). The van der Waals surface area contributed by atoms with Crippen molar-refractivity contribution in [3.05, 3.63) is 42.5 Å². The number of rotatable bonds is 7. The highest BCUT2D eigenvalue weighted by Crippen LogP contribution is 2.28. The molecule has 0 spiro atoms. The van der Waals surface area contributed by atoms with E-state index in [0.29, 0.717) is 23.7 Å². The van der Waals surface area contributed by atoms with Gasteiger partial charge in [-0.05, 0) is 43.9 Å². The Labute approximate surface area is 165 Å². The molecule has 1 saturated carbocycles. The molecule has 28 heavy (non-hydrogen) atoms. The van der Waals surface area contributed by atoms with E-state index in [0.717, 1.165) is 24.6 Å². The third kappa shape index (κ3) is 4.89. The normalized spacial score (nSPS) is 15.0. The molecular weight excluding hydrogens is 383 g/mol. The number of benzene rings is 1. The monoisotopic (exact) mass is 402 g/mol. The third-order valence-electron chi connectivity index (χ3n) is 4.43. The molecule has 0 saturated heterocycles. The number of amides is 1. The van der Waals surface area contributed by atoms with Crippen molar-refractivity contribution >= 4 is 23.6 Å². The number of hydrogen-bond donors (Lipinski definition) is 1. The summed E-state index contributed by atoms with van der Waals surface area (Å²) in [6.07, 6.45) is 6.22. The van der Waals surface area contributed by atoms with Gasteiger partial charge in [0.2, 0.25) is 0 Å². The summed E-state index contributed by atoms with van der Waals surface area (Å²) in [5.74, 6) is -1.48. The summed E-state index contributed by atoms with van der Waals surface area (Å²) in [7, 11) is 0. The molecule has 1 N–H and O–H groups in total. The highest BCUT2D eigenvalue weighted by Gasteiger charge is 2.35. The van der Waals surface area contributed by atoms with Crippen LogP contribution in [0.5, 0.6) is 0 Å². The van der Waals surface area contributed by atoms with Gasteiger partial charge in [-0.15, -0.1) is 0 Å². The summed E-state index contributed by atoms with van der Waals surface area (Å²) in [4.78, 5) is 28.1. The first-order chi connectivity index (χ1) is 13.5. The van der Waals surface area contributed by atoms with Crippen LogP contribution in [0, 0.1) is 17.1 Å². The molecule has 0 radical (unpaired) electrons. The van der Waals surface area contributed by atoms with Gasteiger partial charge in [0.15, 0.2) is 11.8 Å². The Kier molecular flexibility index (Phi) is 6.31. The van der Waals surface area contributed by atoms with E-state index in [4.69, 9.17) is 4.74 Å². The maximum absolute atomic E-state index is 13.4. The van der Waals surface area contributed by atoms with Crippen molar-refractivity contribution in [3.63, 3.8) is 0 Å². The van der Waals surface area contributed by atoms with Crippen LogP contribution in [0.15, 0.2) is 41.8 Å². The molecule has 1 amide bonds. The van der Waals surface area contributed by atoms with Gasteiger partial charge in [-0.2, -0.15) is 5.26 Å². The van der Waals surface area contributed by atoms with Crippen LogP contribution in [0.4, 0.5) is 4.39 Å². The Bertz CT molecular complexity index is 903. The first kappa shape index (κ1) is 19.9. The van der Waals surface area contributed by atoms with Crippen molar-refractivity contribution in [3.8, 4) is 11.8 Å². The van der Waals surface area contributed by atoms with Crippen molar-refractivity contribution in [2.75, 3.05) is 12.4 Å². The first-order valence-electron chi connectivity index (χ1n) is 8.81.